The smallest absolute Gasteiger partial charge is 0.228 e. The summed E-state index contributed by atoms with van der Waals surface area (Å²) in [4.78, 5) is 12.4. The fourth-order valence-corrected chi connectivity index (χ4v) is 4.07. The van der Waals surface area contributed by atoms with Gasteiger partial charge in [-0.25, -0.2) is 12.7 Å². The summed E-state index contributed by atoms with van der Waals surface area (Å²) in [7, 11) is -3.19. The van der Waals surface area contributed by atoms with Gasteiger partial charge in [-0.1, -0.05) is 29.8 Å². The molecular weight excluding hydrogens is 376 g/mol. The van der Waals surface area contributed by atoms with E-state index in [0.717, 1.165) is 5.56 Å². The molecule has 0 spiro atoms. The van der Waals surface area contributed by atoms with Gasteiger partial charge in [0.2, 0.25) is 15.9 Å². The molecule has 1 aliphatic heterocycles. The van der Waals surface area contributed by atoms with Gasteiger partial charge in [0.1, 0.15) is 0 Å². The van der Waals surface area contributed by atoms with Crippen LogP contribution in [-0.2, 0) is 21.4 Å². The molecular formula is C17H21ClN4O3S. The van der Waals surface area contributed by atoms with Crippen LogP contribution in [-0.4, -0.2) is 47.8 Å². The average molecular weight is 397 g/mol. The third kappa shape index (κ3) is 4.63. The molecule has 0 aliphatic carbocycles. The van der Waals surface area contributed by atoms with Crippen molar-refractivity contribution < 1.29 is 13.2 Å². The Balaban J connectivity index is 1.56. The lowest BCUT2D eigenvalue weighted by Gasteiger charge is -2.29. The summed E-state index contributed by atoms with van der Waals surface area (Å²) in [5.41, 5.74) is 0.947. The minimum absolute atomic E-state index is 0.124. The summed E-state index contributed by atoms with van der Waals surface area (Å²) in [6, 6.07) is 9.27. The Hall–Kier alpha value is -1.90. The van der Waals surface area contributed by atoms with E-state index < -0.39 is 10.0 Å². The Morgan fingerprint density at radius 3 is 2.62 bits per heavy atom. The van der Waals surface area contributed by atoms with Crippen LogP contribution < -0.4 is 5.32 Å². The van der Waals surface area contributed by atoms with Gasteiger partial charge in [0.25, 0.3) is 0 Å². The number of nitrogens with zero attached hydrogens (tertiary/aromatic N) is 3. The zero-order chi connectivity index (χ0) is 18.7. The van der Waals surface area contributed by atoms with E-state index in [1.807, 2.05) is 24.3 Å². The maximum atomic E-state index is 12.4. The summed E-state index contributed by atoms with van der Waals surface area (Å²) in [5.74, 6) is 0.149. The maximum Gasteiger partial charge on any atom is 0.228 e. The van der Waals surface area contributed by atoms with E-state index in [0.29, 0.717) is 43.3 Å². The lowest BCUT2D eigenvalue weighted by molar-refractivity contribution is -0.120. The number of sulfonamides is 1. The summed E-state index contributed by atoms with van der Waals surface area (Å²) >= 11 is 6.15. The fourth-order valence-electron chi connectivity index (χ4n) is 3.00. The molecule has 26 heavy (non-hydrogen) atoms. The second-order valence-electron chi connectivity index (χ2n) is 6.42. The molecule has 1 aliphatic rings. The molecule has 0 bridgehead atoms. The van der Waals surface area contributed by atoms with E-state index in [4.69, 9.17) is 11.6 Å². The highest BCUT2D eigenvalue weighted by Gasteiger charge is 2.29. The van der Waals surface area contributed by atoms with Crippen LogP contribution in [0.3, 0.4) is 0 Å². The standard InChI is InChI=1S/C17H21ClN4O3S/c1-26(24,25)22-10-6-13(7-11-22)17(23)19-16-8-9-21(20-16)12-14-4-2-3-5-15(14)18/h2-5,8-9,13H,6-7,10-12H2,1H3,(H,19,20,23). The van der Waals surface area contributed by atoms with Crippen molar-refractivity contribution in [3.8, 4) is 0 Å². The highest BCUT2D eigenvalue weighted by atomic mass is 35.5. The minimum atomic E-state index is -3.19. The van der Waals surface area contributed by atoms with Crippen molar-refractivity contribution in [3.05, 3.63) is 47.1 Å². The zero-order valence-electron chi connectivity index (χ0n) is 14.4. The van der Waals surface area contributed by atoms with E-state index in [1.54, 1.807) is 16.9 Å². The van der Waals surface area contributed by atoms with Gasteiger partial charge in [-0.05, 0) is 24.5 Å². The van der Waals surface area contributed by atoms with Gasteiger partial charge in [0.15, 0.2) is 5.82 Å². The zero-order valence-corrected chi connectivity index (χ0v) is 16.0. The van der Waals surface area contributed by atoms with Gasteiger partial charge < -0.3 is 5.32 Å². The van der Waals surface area contributed by atoms with Crippen molar-refractivity contribution >= 4 is 33.3 Å². The van der Waals surface area contributed by atoms with Crippen molar-refractivity contribution in [2.75, 3.05) is 24.7 Å². The number of piperidine rings is 1. The molecule has 2 heterocycles. The summed E-state index contributed by atoms with van der Waals surface area (Å²) < 4.78 is 26.2. The van der Waals surface area contributed by atoms with Gasteiger partial charge in [-0.15, -0.1) is 0 Å². The van der Waals surface area contributed by atoms with E-state index >= 15 is 0 Å². The molecule has 7 nitrogen and oxygen atoms in total. The van der Waals surface area contributed by atoms with Gasteiger partial charge in [-0.3, -0.25) is 9.48 Å². The second kappa shape index (κ2) is 7.77. The number of hydrogen-bond acceptors (Lipinski definition) is 4. The number of nitrogens with one attached hydrogen (secondary N) is 1. The Morgan fingerprint density at radius 1 is 1.27 bits per heavy atom. The quantitative estimate of drug-likeness (QED) is 0.839. The van der Waals surface area contributed by atoms with Crippen LogP contribution in [0, 0.1) is 5.92 Å². The minimum Gasteiger partial charge on any atom is -0.309 e. The lowest BCUT2D eigenvalue weighted by atomic mass is 9.97. The number of hydrogen-bond donors (Lipinski definition) is 1. The van der Waals surface area contributed by atoms with E-state index in [1.165, 1.54) is 10.6 Å². The highest BCUT2D eigenvalue weighted by molar-refractivity contribution is 7.88. The highest BCUT2D eigenvalue weighted by Crippen LogP contribution is 2.21. The number of anilines is 1. The largest absolute Gasteiger partial charge is 0.309 e. The molecule has 1 aromatic heterocycles. The van der Waals surface area contributed by atoms with Crippen molar-refractivity contribution in [2.24, 2.45) is 5.92 Å². The molecule has 1 fully saturated rings. The Bertz CT molecular complexity index is 889. The first kappa shape index (κ1) is 18.9. The topological polar surface area (TPSA) is 84.3 Å². The maximum absolute atomic E-state index is 12.4. The molecule has 2 aromatic rings. The molecule has 1 aromatic carbocycles. The molecule has 9 heteroatoms. The fraction of sp³-hybridized carbons (Fsp3) is 0.412. The van der Waals surface area contributed by atoms with Crippen LogP contribution >= 0.6 is 11.6 Å². The number of carbonyl (C=O) groups excluding carboxylic acids is 1. The molecule has 0 radical (unpaired) electrons. The number of amides is 1. The molecule has 0 saturated carbocycles. The summed E-state index contributed by atoms with van der Waals surface area (Å²) in [6.45, 7) is 1.26. The Kier molecular flexibility index (Phi) is 5.64. The normalized spacial score (nSPS) is 16.5. The first-order valence-corrected chi connectivity index (χ1v) is 10.6. The molecule has 1 amide bonds. The average Bonchev–Trinajstić information content (AvgIpc) is 3.03. The van der Waals surface area contributed by atoms with Crippen molar-refractivity contribution in [1.82, 2.24) is 14.1 Å². The summed E-state index contributed by atoms with van der Waals surface area (Å²) in [5, 5.41) is 7.84. The van der Waals surface area contributed by atoms with Crippen LogP contribution in [0.5, 0.6) is 0 Å². The SMILES string of the molecule is CS(=O)(=O)N1CCC(C(=O)Nc2ccn(Cc3ccccc3Cl)n2)CC1. The third-order valence-corrected chi connectivity index (χ3v) is 6.15. The molecule has 0 unspecified atom stereocenters. The number of carbonyl (C=O) groups is 1. The van der Waals surface area contributed by atoms with E-state index in [-0.39, 0.29) is 11.8 Å². The van der Waals surface area contributed by atoms with Gasteiger partial charge in [0, 0.05) is 36.3 Å². The molecule has 1 saturated heterocycles. The van der Waals surface area contributed by atoms with Crippen molar-refractivity contribution in [1.29, 1.82) is 0 Å². The van der Waals surface area contributed by atoms with Crippen LogP contribution in [0.25, 0.3) is 0 Å². The third-order valence-electron chi connectivity index (χ3n) is 4.48. The molecule has 3 rings (SSSR count). The van der Waals surface area contributed by atoms with Gasteiger partial charge in [-0.2, -0.15) is 5.10 Å². The first-order valence-electron chi connectivity index (χ1n) is 8.36. The molecule has 140 valence electrons. The van der Waals surface area contributed by atoms with Gasteiger partial charge >= 0.3 is 0 Å². The van der Waals surface area contributed by atoms with Crippen LogP contribution in [0.2, 0.25) is 5.02 Å². The van der Waals surface area contributed by atoms with Crippen molar-refractivity contribution in [3.63, 3.8) is 0 Å². The second-order valence-corrected chi connectivity index (χ2v) is 8.81. The monoisotopic (exact) mass is 396 g/mol. The summed E-state index contributed by atoms with van der Waals surface area (Å²) in [6.07, 6.45) is 4.00. The number of benzene rings is 1. The lowest BCUT2D eigenvalue weighted by Crippen LogP contribution is -2.40. The number of aromatic nitrogens is 2. The van der Waals surface area contributed by atoms with Crippen molar-refractivity contribution in [2.45, 2.75) is 19.4 Å². The van der Waals surface area contributed by atoms with E-state index in [2.05, 4.69) is 10.4 Å². The van der Waals surface area contributed by atoms with Crippen LogP contribution in [0.15, 0.2) is 36.5 Å². The number of halogens is 1. The van der Waals surface area contributed by atoms with E-state index in [9.17, 15) is 13.2 Å². The number of rotatable bonds is 5. The molecule has 1 N–H and O–H groups in total. The van der Waals surface area contributed by atoms with Crippen LogP contribution in [0.1, 0.15) is 18.4 Å². The predicted molar refractivity (Wildman–Crippen MR) is 101 cm³/mol. The molecule has 0 atom stereocenters. The Morgan fingerprint density at radius 2 is 1.96 bits per heavy atom. The Labute approximate surface area is 158 Å². The predicted octanol–water partition coefficient (Wildman–Crippen LogP) is 2.19. The van der Waals surface area contributed by atoms with Crippen LogP contribution in [0.4, 0.5) is 5.82 Å². The first-order chi connectivity index (χ1) is 12.3. The van der Waals surface area contributed by atoms with Gasteiger partial charge in [0.05, 0.1) is 12.8 Å².